The van der Waals surface area contributed by atoms with E-state index in [9.17, 15) is 9.59 Å². The molecule has 4 heteroatoms. The number of benzene rings is 1. The Morgan fingerprint density at radius 2 is 2.06 bits per heavy atom. The van der Waals surface area contributed by atoms with Crippen molar-refractivity contribution < 1.29 is 14.7 Å². The highest BCUT2D eigenvalue weighted by molar-refractivity contribution is 5.99. The number of hydrogen-bond donors (Lipinski definition) is 1. The topological polar surface area (TPSA) is 57.6 Å². The van der Waals surface area contributed by atoms with Gasteiger partial charge in [-0.1, -0.05) is 30.3 Å². The quantitative estimate of drug-likeness (QED) is 0.812. The summed E-state index contributed by atoms with van der Waals surface area (Å²) in [7, 11) is 0. The third-order valence-corrected chi connectivity index (χ3v) is 3.36. The molecule has 1 aliphatic heterocycles. The van der Waals surface area contributed by atoms with Crippen LogP contribution in [0.3, 0.4) is 0 Å². The van der Waals surface area contributed by atoms with Crippen molar-refractivity contribution in [1.82, 2.24) is 4.90 Å². The van der Waals surface area contributed by atoms with Crippen molar-refractivity contribution in [3.8, 4) is 0 Å². The van der Waals surface area contributed by atoms with Crippen molar-refractivity contribution in [3.05, 3.63) is 35.9 Å². The number of likely N-dealkylation sites (tertiary alicyclic amines) is 1. The van der Waals surface area contributed by atoms with E-state index in [0.717, 1.165) is 13.0 Å². The Labute approximate surface area is 106 Å². The lowest BCUT2D eigenvalue weighted by Gasteiger charge is -2.29. The van der Waals surface area contributed by atoms with Crippen LogP contribution in [0, 0.1) is 5.92 Å². The van der Waals surface area contributed by atoms with Crippen LogP contribution >= 0.6 is 0 Å². The Bertz CT molecular complexity index is 430. The fraction of sp³-hybridized carbons (Fsp3) is 0.429. The van der Waals surface area contributed by atoms with Crippen LogP contribution in [0.25, 0.3) is 0 Å². The molecule has 18 heavy (non-hydrogen) atoms. The summed E-state index contributed by atoms with van der Waals surface area (Å²) in [5.41, 5.74) is 1.24. The number of Topliss-reactive ketones (excluding diaryl/α,β-unsaturated/α-hetero) is 1. The molecular weight excluding hydrogens is 230 g/mol. The zero-order valence-corrected chi connectivity index (χ0v) is 10.2. The molecule has 0 radical (unpaired) electrons. The van der Waals surface area contributed by atoms with E-state index >= 15 is 0 Å². The van der Waals surface area contributed by atoms with Gasteiger partial charge in [0.25, 0.3) is 0 Å². The van der Waals surface area contributed by atoms with Gasteiger partial charge in [-0.05, 0) is 12.0 Å². The van der Waals surface area contributed by atoms with Crippen molar-refractivity contribution in [2.45, 2.75) is 12.8 Å². The van der Waals surface area contributed by atoms with Gasteiger partial charge in [0.2, 0.25) is 0 Å². The van der Waals surface area contributed by atoms with Crippen LogP contribution in [0.2, 0.25) is 0 Å². The summed E-state index contributed by atoms with van der Waals surface area (Å²) in [6.45, 7) is 1.83. The minimum atomic E-state index is -0.996. The molecular formula is C14H17NO3. The third kappa shape index (κ3) is 3.17. The summed E-state index contributed by atoms with van der Waals surface area (Å²) >= 11 is 0. The Balaban J connectivity index is 1.87. The normalized spacial score (nSPS) is 20.9. The lowest BCUT2D eigenvalue weighted by atomic mass is 9.96. The number of nitrogens with zero attached hydrogens (tertiary/aromatic N) is 1. The molecule has 0 aromatic heterocycles. The Hall–Kier alpha value is -1.68. The van der Waals surface area contributed by atoms with Gasteiger partial charge in [0.15, 0.2) is 0 Å². The maximum Gasteiger partial charge on any atom is 0.315 e. The molecule has 1 aliphatic rings. The molecule has 1 heterocycles. The highest BCUT2D eigenvalue weighted by Crippen LogP contribution is 2.14. The first kappa shape index (κ1) is 12.8. The number of carbonyl (C=O) groups excluding carboxylic acids is 1. The largest absolute Gasteiger partial charge is 0.481 e. The van der Waals surface area contributed by atoms with Gasteiger partial charge in [-0.25, -0.2) is 0 Å². The molecule has 1 atom stereocenters. The molecule has 1 aromatic carbocycles. The molecule has 1 fully saturated rings. The van der Waals surface area contributed by atoms with E-state index in [1.165, 1.54) is 5.56 Å². The maximum absolute atomic E-state index is 11.4. The second-order valence-electron chi connectivity index (χ2n) is 4.64. The van der Waals surface area contributed by atoms with Gasteiger partial charge in [-0.3, -0.25) is 9.59 Å². The van der Waals surface area contributed by atoms with Gasteiger partial charge < -0.3 is 10.0 Å². The number of rotatable bonds is 4. The highest BCUT2D eigenvalue weighted by Gasteiger charge is 2.32. The van der Waals surface area contributed by atoms with Gasteiger partial charge in [0.1, 0.15) is 11.7 Å². The van der Waals surface area contributed by atoms with Crippen LogP contribution in [0.5, 0.6) is 0 Å². The number of ketones is 1. The monoisotopic (exact) mass is 247 g/mol. The first-order chi connectivity index (χ1) is 8.66. The molecule has 2 rings (SSSR count). The number of piperidine rings is 1. The second-order valence-corrected chi connectivity index (χ2v) is 4.64. The van der Waals surface area contributed by atoms with Gasteiger partial charge in [-0.2, -0.15) is 0 Å². The summed E-state index contributed by atoms with van der Waals surface area (Å²) in [5.74, 6) is -1.97. The highest BCUT2D eigenvalue weighted by atomic mass is 16.4. The Kier molecular flexibility index (Phi) is 4.10. The molecule has 1 unspecified atom stereocenters. The molecule has 0 spiro atoms. The fourth-order valence-corrected chi connectivity index (χ4v) is 2.24. The summed E-state index contributed by atoms with van der Waals surface area (Å²) in [6, 6.07) is 10.1. The summed E-state index contributed by atoms with van der Waals surface area (Å²) in [6.07, 6.45) is 1.24. The van der Waals surface area contributed by atoms with E-state index < -0.39 is 11.9 Å². The SMILES string of the molecule is O=C(O)C1CN(CCc2ccccc2)CCC1=O. The zero-order valence-electron chi connectivity index (χ0n) is 10.2. The van der Waals surface area contributed by atoms with E-state index in [4.69, 9.17) is 5.11 Å². The van der Waals surface area contributed by atoms with E-state index in [-0.39, 0.29) is 5.78 Å². The van der Waals surface area contributed by atoms with Crippen molar-refractivity contribution in [2.24, 2.45) is 5.92 Å². The second kappa shape index (κ2) is 5.78. The van der Waals surface area contributed by atoms with E-state index in [1.807, 2.05) is 18.2 Å². The minimum Gasteiger partial charge on any atom is -0.481 e. The molecule has 1 N–H and O–H groups in total. The molecule has 0 saturated carbocycles. The third-order valence-electron chi connectivity index (χ3n) is 3.36. The van der Waals surface area contributed by atoms with Gasteiger partial charge >= 0.3 is 5.97 Å². The zero-order chi connectivity index (χ0) is 13.0. The molecule has 1 saturated heterocycles. The Morgan fingerprint density at radius 3 is 2.72 bits per heavy atom. The van der Waals surface area contributed by atoms with Crippen LogP contribution in [-0.4, -0.2) is 41.4 Å². The Morgan fingerprint density at radius 1 is 1.33 bits per heavy atom. The minimum absolute atomic E-state index is 0.140. The molecule has 0 amide bonds. The predicted molar refractivity (Wildman–Crippen MR) is 67.3 cm³/mol. The average molecular weight is 247 g/mol. The van der Waals surface area contributed by atoms with Gasteiger partial charge in [0, 0.05) is 26.1 Å². The lowest BCUT2D eigenvalue weighted by Crippen LogP contribution is -2.44. The van der Waals surface area contributed by atoms with Crippen LogP contribution in [0.15, 0.2) is 30.3 Å². The van der Waals surface area contributed by atoms with E-state index in [1.54, 1.807) is 0 Å². The molecule has 96 valence electrons. The van der Waals surface area contributed by atoms with E-state index in [2.05, 4.69) is 17.0 Å². The van der Waals surface area contributed by atoms with Crippen LogP contribution in [0.4, 0.5) is 0 Å². The molecule has 4 nitrogen and oxygen atoms in total. The summed E-state index contributed by atoms with van der Waals surface area (Å²) in [5, 5.41) is 8.96. The van der Waals surface area contributed by atoms with Crippen LogP contribution in [0.1, 0.15) is 12.0 Å². The van der Waals surface area contributed by atoms with E-state index in [0.29, 0.717) is 19.5 Å². The van der Waals surface area contributed by atoms with Crippen molar-refractivity contribution in [2.75, 3.05) is 19.6 Å². The number of carboxylic acid groups (broad SMARTS) is 1. The van der Waals surface area contributed by atoms with Crippen molar-refractivity contribution >= 4 is 11.8 Å². The average Bonchev–Trinajstić information content (AvgIpc) is 2.38. The summed E-state index contributed by atoms with van der Waals surface area (Å²) < 4.78 is 0. The maximum atomic E-state index is 11.4. The lowest BCUT2D eigenvalue weighted by molar-refractivity contribution is -0.148. The molecule has 0 bridgehead atoms. The fourth-order valence-electron chi connectivity index (χ4n) is 2.24. The van der Waals surface area contributed by atoms with Gasteiger partial charge in [0.05, 0.1) is 0 Å². The van der Waals surface area contributed by atoms with Gasteiger partial charge in [-0.15, -0.1) is 0 Å². The van der Waals surface area contributed by atoms with Crippen LogP contribution in [-0.2, 0) is 16.0 Å². The first-order valence-electron chi connectivity index (χ1n) is 6.18. The molecule has 0 aliphatic carbocycles. The van der Waals surface area contributed by atoms with Crippen molar-refractivity contribution in [3.63, 3.8) is 0 Å². The van der Waals surface area contributed by atoms with Crippen molar-refractivity contribution in [1.29, 1.82) is 0 Å². The number of carbonyl (C=O) groups is 2. The standard InChI is InChI=1S/C14H17NO3/c16-13-7-9-15(10-12(13)14(17)18)8-6-11-4-2-1-3-5-11/h1-5,12H,6-10H2,(H,17,18). The molecule has 1 aromatic rings. The van der Waals surface area contributed by atoms with Crippen LogP contribution < -0.4 is 0 Å². The first-order valence-corrected chi connectivity index (χ1v) is 6.18. The summed E-state index contributed by atoms with van der Waals surface area (Å²) in [4.78, 5) is 24.4. The predicted octanol–water partition coefficient (Wildman–Crippen LogP) is 1.20. The number of carboxylic acids is 1. The number of hydrogen-bond acceptors (Lipinski definition) is 3. The number of aliphatic carboxylic acids is 1. The smallest absolute Gasteiger partial charge is 0.315 e.